The van der Waals surface area contributed by atoms with Gasteiger partial charge in [0.05, 0.1) is 11.1 Å². The van der Waals surface area contributed by atoms with E-state index in [2.05, 4.69) is 58.3 Å². The highest BCUT2D eigenvalue weighted by molar-refractivity contribution is 6.22. The third-order valence-electron chi connectivity index (χ3n) is 10.7. The minimum atomic E-state index is -4.52. The molecule has 294 valence electrons. The summed E-state index contributed by atoms with van der Waals surface area (Å²) in [4.78, 5) is 4.29. The van der Waals surface area contributed by atoms with Crippen LogP contribution in [-0.4, -0.2) is 0 Å². The van der Waals surface area contributed by atoms with Crippen molar-refractivity contribution in [3.63, 3.8) is 0 Å². The molecule has 60 heavy (non-hydrogen) atoms. The molecule has 0 unspecified atom stereocenters. The molecule has 0 aliphatic carbocycles. The highest BCUT2D eigenvalue weighted by atomic mass is 19.4. The molecular weight excluding hydrogens is 767 g/mol. The van der Waals surface area contributed by atoms with E-state index in [1.807, 2.05) is 109 Å². The van der Waals surface area contributed by atoms with Crippen LogP contribution in [0.15, 0.2) is 206 Å². The molecule has 0 spiro atoms. The second-order valence-electron chi connectivity index (χ2n) is 14.4. The highest BCUT2D eigenvalue weighted by Gasteiger charge is 2.31. The van der Waals surface area contributed by atoms with Gasteiger partial charge in [0, 0.05) is 34.1 Å². The van der Waals surface area contributed by atoms with Crippen molar-refractivity contribution in [1.29, 1.82) is 0 Å². The fourth-order valence-corrected chi connectivity index (χ4v) is 7.96. The summed E-state index contributed by atoms with van der Waals surface area (Å²) in [6, 6.07) is 62.0. The zero-order valence-electron chi connectivity index (χ0n) is 31.8. The maximum absolute atomic E-state index is 13.8. The second kappa shape index (κ2) is 15.5. The van der Waals surface area contributed by atoms with Crippen LogP contribution in [-0.2, 0) is 12.4 Å². The largest absolute Gasteiger partial charge is 0.416 e. The summed E-state index contributed by atoms with van der Waals surface area (Å²) in [6.07, 6.45) is -9.03. The van der Waals surface area contributed by atoms with E-state index in [1.54, 1.807) is 0 Å². The minimum Gasteiger partial charge on any atom is -0.311 e. The smallest absolute Gasteiger partial charge is 0.311 e. The molecular formula is C52H34F6N2. The summed E-state index contributed by atoms with van der Waals surface area (Å²) in [5.74, 6) is 0. The van der Waals surface area contributed by atoms with Gasteiger partial charge in [0.15, 0.2) is 0 Å². The molecule has 9 rings (SSSR count). The van der Waals surface area contributed by atoms with Gasteiger partial charge in [-0.2, -0.15) is 26.3 Å². The van der Waals surface area contributed by atoms with E-state index >= 15 is 0 Å². The number of hydrogen-bond donors (Lipinski definition) is 0. The molecule has 0 amide bonds. The maximum atomic E-state index is 13.8. The van der Waals surface area contributed by atoms with Crippen LogP contribution in [0.3, 0.4) is 0 Å². The summed E-state index contributed by atoms with van der Waals surface area (Å²) < 4.78 is 82.5. The number of alkyl halides is 6. The van der Waals surface area contributed by atoms with Crippen LogP contribution < -0.4 is 9.80 Å². The molecule has 0 N–H and O–H groups in total. The molecule has 0 aromatic heterocycles. The molecule has 8 heteroatoms. The summed E-state index contributed by atoms with van der Waals surface area (Å²) in [6.45, 7) is 0. The van der Waals surface area contributed by atoms with Crippen LogP contribution in [0.25, 0.3) is 43.8 Å². The van der Waals surface area contributed by atoms with E-state index in [9.17, 15) is 26.3 Å². The molecule has 0 fully saturated rings. The molecule has 0 heterocycles. The van der Waals surface area contributed by atoms with Gasteiger partial charge in [-0.15, -0.1) is 0 Å². The van der Waals surface area contributed by atoms with Gasteiger partial charge in [-0.1, -0.05) is 109 Å². The molecule has 0 aliphatic rings. The lowest BCUT2D eigenvalue weighted by molar-refractivity contribution is -0.138. The number of nitrogens with zero attached hydrogens (tertiary/aromatic N) is 2. The number of para-hydroxylation sites is 3. The normalized spacial score (nSPS) is 11.8. The lowest BCUT2D eigenvalue weighted by Crippen LogP contribution is -2.12. The SMILES string of the molecule is FC(F)(F)c1ccc(-c2c3ccccc3c(-c3ccc(C(F)(F)F)cc3)c3cc(N(c4ccccc4)c4ccc(N(c5ccccc5)c5ccccc5)cc4)ccc23)cc1. The number of benzene rings is 9. The van der Waals surface area contributed by atoms with Gasteiger partial charge in [0.25, 0.3) is 0 Å². The Kier molecular flexibility index (Phi) is 9.84. The molecule has 0 aliphatic heterocycles. The van der Waals surface area contributed by atoms with Crippen LogP contribution >= 0.6 is 0 Å². The third-order valence-corrected chi connectivity index (χ3v) is 10.7. The zero-order chi connectivity index (χ0) is 41.4. The number of rotatable bonds is 8. The quantitative estimate of drug-likeness (QED) is 0.112. The Morgan fingerprint density at radius 2 is 0.567 bits per heavy atom. The summed E-state index contributed by atoms with van der Waals surface area (Å²) in [7, 11) is 0. The van der Waals surface area contributed by atoms with Gasteiger partial charge in [-0.25, -0.2) is 0 Å². The van der Waals surface area contributed by atoms with Crippen LogP contribution in [0.1, 0.15) is 11.1 Å². The lowest BCUT2D eigenvalue weighted by Gasteiger charge is -2.29. The van der Waals surface area contributed by atoms with Crippen molar-refractivity contribution < 1.29 is 26.3 Å². The van der Waals surface area contributed by atoms with Gasteiger partial charge in [0.1, 0.15) is 0 Å². The van der Waals surface area contributed by atoms with E-state index in [-0.39, 0.29) is 0 Å². The molecule has 0 radical (unpaired) electrons. The second-order valence-corrected chi connectivity index (χ2v) is 14.4. The Bertz CT molecular complexity index is 2870. The summed E-state index contributed by atoms with van der Waals surface area (Å²) in [5, 5.41) is 2.95. The molecule has 9 aromatic carbocycles. The maximum Gasteiger partial charge on any atom is 0.416 e. The molecule has 2 nitrogen and oxygen atoms in total. The van der Waals surface area contributed by atoms with Crippen molar-refractivity contribution >= 4 is 55.7 Å². The molecule has 0 bridgehead atoms. The number of halogens is 6. The van der Waals surface area contributed by atoms with E-state index < -0.39 is 23.5 Å². The van der Waals surface area contributed by atoms with Crippen molar-refractivity contribution in [2.24, 2.45) is 0 Å². The summed E-state index contributed by atoms with van der Waals surface area (Å²) >= 11 is 0. The number of anilines is 6. The average molecular weight is 801 g/mol. The van der Waals surface area contributed by atoms with Crippen molar-refractivity contribution in [3.05, 3.63) is 217 Å². The topological polar surface area (TPSA) is 6.48 Å². The Morgan fingerprint density at radius 1 is 0.267 bits per heavy atom. The van der Waals surface area contributed by atoms with Crippen LogP contribution in [0.4, 0.5) is 60.5 Å². The molecule has 0 saturated carbocycles. The monoisotopic (exact) mass is 800 g/mol. The molecule has 9 aromatic rings. The highest BCUT2D eigenvalue weighted by Crippen LogP contribution is 2.47. The number of fused-ring (bicyclic) bond motifs is 2. The minimum absolute atomic E-state index is 0.567. The van der Waals surface area contributed by atoms with E-state index in [0.29, 0.717) is 22.3 Å². The van der Waals surface area contributed by atoms with Crippen molar-refractivity contribution in [2.45, 2.75) is 12.4 Å². The first kappa shape index (κ1) is 38.2. The van der Waals surface area contributed by atoms with Gasteiger partial charge in [0.2, 0.25) is 0 Å². The predicted molar refractivity (Wildman–Crippen MR) is 232 cm³/mol. The van der Waals surface area contributed by atoms with Gasteiger partial charge < -0.3 is 9.80 Å². The zero-order valence-corrected chi connectivity index (χ0v) is 31.8. The first-order chi connectivity index (χ1) is 29.0. The van der Waals surface area contributed by atoms with Gasteiger partial charge in [-0.05, 0) is 141 Å². The fraction of sp³-hybridized carbons (Fsp3) is 0.0385. The van der Waals surface area contributed by atoms with E-state index in [0.717, 1.165) is 79.9 Å². The molecule has 0 atom stereocenters. The predicted octanol–water partition coefficient (Wildman–Crippen LogP) is 16.3. The molecule has 0 saturated heterocycles. The Balaban J connectivity index is 1.26. The van der Waals surface area contributed by atoms with Crippen LogP contribution in [0, 0.1) is 0 Å². The van der Waals surface area contributed by atoms with Gasteiger partial charge >= 0.3 is 12.4 Å². The first-order valence-electron chi connectivity index (χ1n) is 19.2. The van der Waals surface area contributed by atoms with Crippen molar-refractivity contribution in [1.82, 2.24) is 0 Å². The van der Waals surface area contributed by atoms with E-state index in [1.165, 1.54) is 24.3 Å². The lowest BCUT2D eigenvalue weighted by atomic mass is 9.85. The standard InChI is InChI=1S/C52H34F6N2/c53-51(54,55)37-24-20-35(21-25-37)49-45-18-10-11-19-46(45)50(36-22-26-38(27-23-36)52(56,57)58)48-34-44(32-33-47(48)49)60(41-16-8-3-9-17-41)43-30-28-42(29-31-43)59(39-12-4-1-5-13-39)40-14-6-2-7-15-40/h1-34H. The average Bonchev–Trinajstić information content (AvgIpc) is 3.27. The first-order valence-corrected chi connectivity index (χ1v) is 19.2. The van der Waals surface area contributed by atoms with Crippen molar-refractivity contribution in [2.75, 3.05) is 9.80 Å². The fourth-order valence-electron chi connectivity index (χ4n) is 7.96. The Hall–Kier alpha value is -7.32. The van der Waals surface area contributed by atoms with Crippen molar-refractivity contribution in [3.8, 4) is 22.3 Å². The Morgan fingerprint density at radius 3 is 0.950 bits per heavy atom. The van der Waals surface area contributed by atoms with E-state index in [4.69, 9.17) is 0 Å². The van der Waals surface area contributed by atoms with Crippen LogP contribution in [0.2, 0.25) is 0 Å². The summed E-state index contributed by atoms with van der Waals surface area (Å²) in [5.41, 5.74) is 6.47. The van der Waals surface area contributed by atoms with Crippen LogP contribution in [0.5, 0.6) is 0 Å². The third kappa shape index (κ3) is 7.32. The van der Waals surface area contributed by atoms with Gasteiger partial charge in [-0.3, -0.25) is 0 Å². The Labute approximate surface area is 342 Å². The number of hydrogen-bond acceptors (Lipinski definition) is 2.